The van der Waals surface area contributed by atoms with Crippen LogP contribution in [-0.4, -0.2) is 20.1 Å². The largest absolute Gasteiger partial charge is 0.423 e. The molecule has 0 aliphatic carbocycles. The molecular formula is C11H10BrN3O2. The maximum Gasteiger partial charge on any atom is 0.322 e. The number of aromatic nitrogens is 3. The highest BCUT2D eigenvalue weighted by molar-refractivity contribution is 9.10. The predicted molar refractivity (Wildman–Crippen MR) is 64.7 cm³/mol. The monoisotopic (exact) mass is 295 g/mol. The molecule has 17 heavy (non-hydrogen) atoms. The van der Waals surface area contributed by atoms with Gasteiger partial charge in [-0.25, -0.2) is 4.98 Å². The minimum absolute atomic E-state index is 0.142. The molecule has 5 nitrogen and oxygen atoms in total. The number of hydrogen-bond acceptors (Lipinski definition) is 5. The number of ether oxygens (including phenoxy) is 1. The highest BCUT2D eigenvalue weighted by Crippen LogP contribution is 2.20. The van der Waals surface area contributed by atoms with Crippen molar-refractivity contribution in [2.24, 2.45) is 0 Å². The summed E-state index contributed by atoms with van der Waals surface area (Å²) in [5.41, 5.74) is 1.26. The lowest BCUT2D eigenvalue weighted by molar-refractivity contribution is 0.274. The number of hydrogen-bond donors (Lipinski definition) is 1. The smallest absolute Gasteiger partial charge is 0.322 e. The molecule has 2 aromatic rings. The number of pyridine rings is 1. The quantitative estimate of drug-likeness (QED) is 0.940. The maximum atomic E-state index is 9.03. The van der Waals surface area contributed by atoms with E-state index < -0.39 is 0 Å². The van der Waals surface area contributed by atoms with E-state index >= 15 is 0 Å². The van der Waals surface area contributed by atoms with E-state index in [-0.39, 0.29) is 12.6 Å². The Hall–Kier alpha value is -1.53. The minimum Gasteiger partial charge on any atom is -0.423 e. The van der Waals surface area contributed by atoms with Crippen molar-refractivity contribution in [1.29, 1.82) is 0 Å². The van der Waals surface area contributed by atoms with Gasteiger partial charge in [0.15, 0.2) is 5.75 Å². The molecule has 6 heteroatoms. The Kier molecular flexibility index (Phi) is 3.65. The van der Waals surface area contributed by atoms with Gasteiger partial charge in [-0.05, 0) is 35.0 Å². The second kappa shape index (κ2) is 5.20. The third-order valence-corrected chi connectivity index (χ3v) is 2.37. The number of nitrogens with zero attached hydrogens (tertiary/aromatic N) is 3. The molecule has 0 unspecified atom stereocenters. The lowest BCUT2D eigenvalue weighted by atomic mass is 10.3. The van der Waals surface area contributed by atoms with Gasteiger partial charge in [-0.3, -0.25) is 4.98 Å². The maximum absolute atomic E-state index is 9.03. The number of rotatable bonds is 3. The SMILES string of the molecule is Cc1cc(CO)nc(Oc2cncc(Br)c2)n1. The molecule has 0 spiro atoms. The molecule has 2 aromatic heterocycles. The summed E-state index contributed by atoms with van der Waals surface area (Å²) < 4.78 is 6.27. The fourth-order valence-electron chi connectivity index (χ4n) is 1.28. The highest BCUT2D eigenvalue weighted by Gasteiger charge is 2.04. The molecule has 0 aliphatic rings. The van der Waals surface area contributed by atoms with Crippen LogP contribution in [0, 0.1) is 6.92 Å². The van der Waals surface area contributed by atoms with E-state index in [4.69, 9.17) is 9.84 Å². The first-order valence-corrected chi connectivity index (χ1v) is 5.70. The van der Waals surface area contributed by atoms with Crippen LogP contribution in [0.5, 0.6) is 11.8 Å². The van der Waals surface area contributed by atoms with E-state index in [9.17, 15) is 0 Å². The number of halogens is 1. The van der Waals surface area contributed by atoms with E-state index in [2.05, 4.69) is 30.9 Å². The fraction of sp³-hybridized carbons (Fsp3) is 0.182. The zero-order valence-corrected chi connectivity index (χ0v) is 10.7. The summed E-state index contributed by atoms with van der Waals surface area (Å²) >= 11 is 3.29. The zero-order valence-electron chi connectivity index (χ0n) is 9.09. The second-order valence-corrected chi connectivity index (χ2v) is 4.30. The molecule has 2 rings (SSSR count). The topological polar surface area (TPSA) is 68.1 Å². The van der Waals surface area contributed by atoms with E-state index in [0.29, 0.717) is 11.4 Å². The van der Waals surface area contributed by atoms with Crippen LogP contribution in [-0.2, 0) is 6.61 Å². The van der Waals surface area contributed by atoms with Crippen molar-refractivity contribution >= 4 is 15.9 Å². The standard InChI is InChI=1S/C11H10BrN3O2/c1-7-2-9(6-16)15-11(14-7)17-10-3-8(12)4-13-5-10/h2-5,16H,6H2,1H3. The first-order valence-electron chi connectivity index (χ1n) is 4.91. The zero-order chi connectivity index (χ0) is 12.3. The Bertz CT molecular complexity index is 534. The average molecular weight is 296 g/mol. The summed E-state index contributed by atoms with van der Waals surface area (Å²) in [5.74, 6) is 0.536. The highest BCUT2D eigenvalue weighted by atomic mass is 79.9. The van der Waals surface area contributed by atoms with Gasteiger partial charge in [0.25, 0.3) is 0 Å². The van der Waals surface area contributed by atoms with E-state index in [1.54, 1.807) is 24.5 Å². The molecule has 0 amide bonds. The van der Waals surface area contributed by atoms with Gasteiger partial charge >= 0.3 is 6.01 Å². The summed E-state index contributed by atoms with van der Waals surface area (Å²) in [7, 11) is 0. The molecule has 1 N–H and O–H groups in total. The van der Waals surface area contributed by atoms with Crippen LogP contribution in [0.25, 0.3) is 0 Å². The number of aliphatic hydroxyl groups is 1. The summed E-state index contributed by atoms with van der Waals surface area (Å²) in [4.78, 5) is 12.1. The van der Waals surface area contributed by atoms with Crippen molar-refractivity contribution in [2.75, 3.05) is 0 Å². The van der Waals surface area contributed by atoms with Gasteiger partial charge in [-0.1, -0.05) is 0 Å². The van der Waals surface area contributed by atoms with Crippen molar-refractivity contribution in [3.05, 3.63) is 40.4 Å². The van der Waals surface area contributed by atoms with Crippen LogP contribution in [0.1, 0.15) is 11.4 Å². The Labute approximate surface area is 107 Å². The third-order valence-electron chi connectivity index (χ3n) is 1.94. The van der Waals surface area contributed by atoms with Gasteiger partial charge < -0.3 is 9.84 Å². The Morgan fingerprint density at radius 3 is 2.82 bits per heavy atom. The van der Waals surface area contributed by atoms with Crippen LogP contribution >= 0.6 is 15.9 Å². The minimum atomic E-state index is -0.142. The molecule has 0 radical (unpaired) electrons. The average Bonchev–Trinajstić information content (AvgIpc) is 2.28. The summed E-state index contributed by atoms with van der Waals surface area (Å²) in [5, 5.41) is 9.03. The lowest BCUT2D eigenvalue weighted by Crippen LogP contribution is -1.98. The third kappa shape index (κ3) is 3.21. The van der Waals surface area contributed by atoms with Crippen LogP contribution in [0.15, 0.2) is 29.0 Å². The van der Waals surface area contributed by atoms with Crippen LogP contribution in [0.4, 0.5) is 0 Å². The van der Waals surface area contributed by atoms with E-state index in [1.165, 1.54) is 0 Å². The first-order chi connectivity index (χ1) is 8.17. The van der Waals surface area contributed by atoms with Gasteiger partial charge in [0.2, 0.25) is 0 Å². The van der Waals surface area contributed by atoms with Crippen LogP contribution in [0.2, 0.25) is 0 Å². The van der Waals surface area contributed by atoms with E-state index in [0.717, 1.165) is 10.2 Å². The second-order valence-electron chi connectivity index (χ2n) is 3.38. The first kappa shape index (κ1) is 11.9. The van der Waals surface area contributed by atoms with Crippen molar-refractivity contribution < 1.29 is 9.84 Å². The molecule has 88 valence electrons. The van der Waals surface area contributed by atoms with Gasteiger partial charge in [0.1, 0.15) is 0 Å². The molecule has 0 fully saturated rings. The van der Waals surface area contributed by atoms with Gasteiger partial charge in [-0.2, -0.15) is 4.98 Å². The summed E-state index contributed by atoms with van der Waals surface area (Å²) in [6.45, 7) is 1.67. The molecule has 0 saturated carbocycles. The van der Waals surface area contributed by atoms with Crippen LogP contribution in [0.3, 0.4) is 0 Å². The van der Waals surface area contributed by atoms with Crippen molar-refractivity contribution in [3.63, 3.8) is 0 Å². The molecule has 0 aliphatic heterocycles. The Morgan fingerprint density at radius 1 is 1.29 bits per heavy atom. The van der Waals surface area contributed by atoms with Gasteiger partial charge in [0, 0.05) is 16.4 Å². The lowest BCUT2D eigenvalue weighted by Gasteiger charge is -2.05. The molecule has 0 saturated heterocycles. The summed E-state index contributed by atoms with van der Waals surface area (Å²) in [6, 6.07) is 3.66. The molecular weight excluding hydrogens is 286 g/mol. The molecule has 0 bridgehead atoms. The van der Waals surface area contributed by atoms with Gasteiger partial charge in [-0.15, -0.1) is 0 Å². The predicted octanol–water partition coefficient (Wildman–Crippen LogP) is 2.23. The molecule has 0 aromatic carbocycles. The van der Waals surface area contributed by atoms with E-state index in [1.807, 2.05) is 6.92 Å². The fourth-order valence-corrected chi connectivity index (χ4v) is 1.63. The number of aliphatic hydroxyl groups excluding tert-OH is 1. The molecule has 2 heterocycles. The number of aryl methyl sites for hydroxylation is 1. The van der Waals surface area contributed by atoms with Crippen molar-refractivity contribution in [1.82, 2.24) is 15.0 Å². The Morgan fingerprint density at radius 2 is 2.12 bits per heavy atom. The summed E-state index contributed by atoms with van der Waals surface area (Å²) in [6.07, 6.45) is 3.22. The molecule has 0 atom stereocenters. The normalized spacial score (nSPS) is 10.3. The Balaban J connectivity index is 2.26. The van der Waals surface area contributed by atoms with Gasteiger partial charge in [0.05, 0.1) is 18.5 Å². The van der Waals surface area contributed by atoms with Crippen molar-refractivity contribution in [3.8, 4) is 11.8 Å². The van der Waals surface area contributed by atoms with Crippen molar-refractivity contribution in [2.45, 2.75) is 13.5 Å². The van der Waals surface area contributed by atoms with Crippen LogP contribution < -0.4 is 4.74 Å².